The van der Waals surface area contributed by atoms with Crippen molar-refractivity contribution >= 4 is 34.3 Å². The van der Waals surface area contributed by atoms with Crippen molar-refractivity contribution in [3.05, 3.63) is 74.8 Å². The van der Waals surface area contributed by atoms with Gasteiger partial charge < -0.3 is 9.80 Å². The Kier molecular flexibility index (Phi) is 6.37. The Hall–Kier alpha value is -3.19. The second-order valence-corrected chi connectivity index (χ2v) is 9.41. The highest BCUT2D eigenvalue weighted by atomic mass is 35.5. The zero-order chi connectivity index (χ0) is 23.7. The number of hydrogen-bond donors (Lipinski definition) is 0. The second kappa shape index (κ2) is 9.58. The smallest absolute Gasteiger partial charge is 0.261 e. The van der Waals surface area contributed by atoms with Gasteiger partial charge in [0.05, 0.1) is 10.9 Å². The van der Waals surface area contributed by atoms with E-state index in [1.807, 2.05) is 0 Å². The molecule has 0 aliphatic carbocycles. The number of nitrogens with zero attached hydrogens (tertiary/aromatic N) is 4. The van der Waals surface area contributed by atoms with Gasteiger partial charge in [0.1, 0.15) is 5.82 Å². The van der Waals surface area contributed by atoms with E-state index in [9.17, 15) is 14.4 Å². The first-order chi connectivity index (χ1) is 16.5. The zero-order valence-corrected chi connectivity index (χ0v) is 19.8. The number of piperazine rings is 1. The summed E-state index contributed by atoms with van der Waals surface area (Å²) in [5, 5.41) is 1.14. The van der Waals surface area contributed by atoms with Crippen LogP contribution in [0.4, 0.5) is 0 Å². The van der Waals surface area contributed by atoms with Crippen LogP contribution in [0.15, 0.2) is 47.3 Å². The molecule has 0 N–H and O–H groups in total. The first-order valence-electron chi connectivity index (χ1n) is 11.9. The van der Waals surface area contributed by atoms with Gasteiger partial charge >= 0.3 is 0 Å². The third-order valence-corrected chi connectivity index (χ3v) is 7.01. The fraction of sp³-hybridized carbons (Fsp3) is 0.385. The Labute approximate surface area is 202 Å². The summed E-state index contributed by atoms with van der Waals surface area (Å²) in [7, 11) is 0. The Bertz CT molecular complexity index is 1290. The van der Waals surface area contributed by atoms with Crippen LogP contribution >= 0.6 is 11.6 Å². The van der Waals surface area contributed by atoms with Crippen LogP contribution in [-0.4, -0.2) is 57.3 Å². The van der Waals surface area contributed by atoms with Gasteiger partial charge in [-0.2, -0.15) is 0 Å². The fourth-order valence-corrected chi connectivity index (χ4v) is 4.92. The summed E-state index contributed by atoms with van der Waals surface area (Å²) < 4.78 is 1.81. The summed E-state index contributed by atoms with van der Waals surface area (Å²) in [6.45, 7) is 2.55. The quantitative estimate of drug-likeness (QED) is 0.562. The number of halogens is 1. The molecule has 2 amide bonds. The highest BCUT2D eigenvalue weighted by Crippen LogP contribution is 2.19. The molecule has 1 aromatic heterocycles. The summed E-state index contributed by atoms with van der Waals surface area (Å²) in [5.41, 5.74) is 1.67. The van der Waals surface area contributed by atoms with Crippen molar-refractivity contribution in [3.63, 3.8) is 0 Å². The fourth-order valence-electron chi connectivity index (χ4n) is 4.80. The van der Waals surface area contributed by atoms with Gasteiger partial charge in [0, 0.05) is 55.3 Å². The summed E-state index contributed by atoms with van der Waals surface area (Å²) in [6, 6.07) is 12.0. The van der Waals surface area contributed by atoms with Crippen LogP contribution < -0.4 is 5.56 Å². The van der Waals surface area contributed by atoms with Gasteiger partial charge in [0.15, 0.2) is 0 Å². The normalized spacial score (nSPS) is 16.6. The van der Waals surface area contributed by atoms with Gasteiger partial charge in [0.2, 0.25) is 0 Å². The van der Waals surface area contributed by atoms with E-state index >= 15 is 0 Å². The Morgan fingerprint density at radius 1 is 0.765 bits per heavy atom. The Morgan fingerprint density at radius 3 is 2.09 bits per heavy atom. The molecular weight excluding hydrogens is 452 g/mol. The molecule has 1 fully saturated rings. The maximum atomic E-state index is 13.2. The van der Waals surface area contributed by atoms with Crippen molar-refractivity contribution in [2.24, 2.45) is 0 Å². The molecule has 3 aromatic rings. The van der Waals surface area contributed by atoms with Gasteiger partial charge in [-0.1, -0.05) is 24.4 Å². The standard InChI is InChI=1S/C26H27ClN4O3/c27-20-9-6-18(7-10-20)24(32)29-13-15-30(16-14-29)25(33)19-8-11-21-22(17-19)28-23-5-3-1-2-4-12-31(23)26(21)34/h6-11,17H,1-5,12-16H2. The highest BCUT2D eigenvalue weighted by molar-refractivity contribution is 6.30. The van der Waals surface area contributed by atoms with E-state index in [0.717, 1.165) is 37.9 Å². The lowest BCUT2D eigenvalue weighted by atomic mass is 10.1. The Morgan fingerprint density at radius 2 is 1.38 bits per heavy atom. The van der Waals surface area contributed by atoms with Crippen LogP contribution in [0.2, 0.25) is 5.02 Å². The van der Waals surface area contributed by atoms with E-state index in [1.165, 1.54) is 0 Å². The Balaban J connectivity index is 1.32. The monoisotopic (exact) mass is 478 g/mol. The number of carbonyl (C=O) groups excluding carboxylic acids is 2. The topological polar surface area (TPSA) is 75.5 Å². The molecule has 7 nitrogen and oxygen atoms in total. The minimum atomic E-state index is -0.103. The van der Waals surface area contributed by atoms with Crippen LogP contribution in [0.5, 0.6) is 0 Å². The van der Waals surface area contributed by atoms with Crippen molar-refractivity contribution in [1.82, 2.24) is 19.4 Å². The largest absolute Gasteiger partial charge is 0.335 e. The van der Waals surface area contributed by atoms with Gasteiger partial charge in [-0.15, -0.1) is 0 Å². The molecule has 2 aliphatic heterocycles. The predicted molar refractivity (Wildman–Crippen MR) is 131 cm³/mol. The van der Waals surface area contributed by atoms with Gasteiger partial charge in [-0.05, 0) is 55.3 Å². The number of amides is 2. The number of fused-ring (bicyclic) bond motifs is 2. The van der Waals surface area contributed by atoms with Crippen molar-refractivity contribution in [1.29, 1.82) is 0 Å². The molecule has 3 heterocycles. The van der Waals surface area contributed by atoms with Crippen LogP contribution in [0.25, 0.3) is 10.9 Å². The molecule has 8 heteroatoms. The highest BCUT2D eigenvalue weighted by Gasteiger charge is 2.26. The molecule has 0 saturated carbocycles. The molecule has 2 aromatic carbocycles. The predicted octanol–water partition coefficient (Wildman–Crippen LogP) is 3.76. The number of aryl methyl sites for hydroxylation is 1. The molecule has 0 spiro atoms. The van der Waals surface area contributed by atoms with Crippen molar-refractivity contribution in [2.75, 3.05) is 26.2 Å². The van der Waals surface area contributed by atoms with Gasteiger partial charge in [-0.3, -0.25) is 19.0 Å². The molecule has 2 aliphatic rings. The van der Waals surface area contributed by atoms with Crippen molar-refractivity contribution in [3.8, 4) is 0 Å². The first-order valence-corrected chi connectivity index (χ1v) is 12.3. The first kappa shape index (κ1) is 22.6. The minimum absolute atomic E-state index is 0.0183. The van der Waals surface area contributed by atoms with Crippen molar-refractivity contribution < 1.29 is 9.59 Å². The maximum absolute atomic E-state index is 13.2. The average molecular weight is 479 g/mol. The SMILES string of the molecule is O=C(c1ccc(Cl)cc1)N1CCN(C(=O)c2ccc3c(=O)n4c(nc3c2)CCCCCC4)CC1. The minimum Gasteiger partial charge on any atom is -0.335 e. The van der Waals surface area contributed by atoms with E-state index in [4.69, 9.17) is 16.6 Å². The summed E-state index contributed by atoms with van der Waals surface area (Å²) in [4.78, 5) is 47.3. The molecule has 0 unspecified atom stereocenters. The van der Waals surface area contributed by atoms with Gasteiger partial charge in [-0.25, -0.2) is 4.98 Å². The van der Waals surface area contributed by atoms with Crippen LogP contribution in [0.1, 0.15) is 52.2 Å². The number of rotatable bonds is 2. The summed E-state index contributed by atoms with van der Waals surface area (Å²) in [6.07, 6.45) is 5.08. The van der Waals surface area contributed by atoms with Crippen LogP contribution in [0, 0.1) is 0 Å². The molecule has 0 atom stereocenters. The molecule has 176 valence electrons. The number of carbonyl (C=O) groups is 2. The third kappa shape index (κ3) is 4.44. The molecule has 34 heavy (non-hydrogen) atoms. The molecule has 1 saturated heterocycles. The van der Waals surface area contributed by atoms with Crippen molar-refractivity contribution in [2.45, 2.75) is 38.6 Å². The average Bonchev–Trinajstić information content (AvgIpc) is 2.85. The molecule has 0 radical (unpaired) electrons. The molecular formula is C26H27ClN4O3. The van der Waals surface area contributed by atoms with E-state index in [-0.39, 0.29) is 17.4 Å². The van der Waals surface area contributed by atoms with E-state index < -0.39 is 0 Å². The second-order valence-electron chi connectivity index (χ2n) is 8.97. The maximum Gasteiger partial charge on any atom is 0.261 e. The van der Waals surface area contributed by atoms with Gasteiger partial charge in [0.25, 0.3) is 17.4 Å². The molecule has 0 bridgehead atoms. The third-order valence-electron chi connectivity index (χ3n) is 6.76. The zero-order valence-electron chi connectivity index (χ0n) is 19.0. The number of benzene rings is 2. The number of hydrogen-bond acceptors (Lipinski definition) is 4. The summed E-state index contributed by atoms with van der Waals surface area (Å²) >= 11 is 5.92. The van der Waals surface area contributed by atoms with E-state index in [0.29, 0.717) is 59.8 Å². The lowest BCUT2D eigenvalue weighted by Crippen LogP contribution is -2.50. The van der Waals surface area contributed by atoms with E-state index in [1.54, 1.807) is 56.8 Å². The summed E-state index contributed by atoms with van der Waals surface area (Å²) in [5.74, 6) is 0.654. The van der Waals surface area contributed by atoms with E-state index in [2.05, 4.69) is 0 Å². The van der Waals surface area contributed by atoms with Crippen LogP contribution in [0.3, 0.4) is 0 Å². The lowest BCUT2D eigenvalue weighted by Gasteiger charge is -2.35. The lowest BCUT2D eigenvalue weighted by molar-refractivity contribution is 0.0535. The van der Waals surface area contributed by atoms with Crippen LogP contribution in [-0.2, 0) is 13.0 Å². The number of aromatic nitrogens is 2. The molecule has 5 rings (SSSR count).